The molecule has 156 valence electrons. The second kappa shape index (κ2) is 6.84. The lowest BCUT2D eigenvalue weighted by Crippen LogP contribution is -2.56. The molecule has 0 aromatic carbocycles. The number of carbonyl (C=O) groups excluding carboxylic acids is 3. The van der Waals surface area contributed by atoms with Crippen molar-refractivity contribution in [2.75, 3.05) is 13.2 Å². The highest BCUT2D eigenvalue weighted by Crippen LogP contribution is 2.59. The van der Waals surface area contributed by atoms with Crippen LogP contribution >= 0.6 is 0 Å². The van der Waals surface area contributed by atoms with Crippen molar-refractivity contribution in [2.45, 2.75) is 50.9 Å². The molecular formula is C19H22F4O5. The highest BCUT2D eigenvalue weighted by molar-refractivity contribution is 5.89. The summed E-state index contributed by atoms with van der Waals surface area (Å²) in [6, 6.07) is 0. The monoisotopic (exact) mass is 406 g/mol. The molecule has 0 aromatic rings. The number of Topliss-reactive ketones (excluding diaryl/α,β-unsaturated/α-hetero) is 1. The zero-order chi connectivity index (χ0) is 20.9. The predicted molar refractivity (Wildman–Crippen MR) is 87.6 cm³/mol. The molecule has 0 saturated heterocycles. The molecule has 5 nitrogen and oxygen atoms in total. The molecule has 4 bridgehead atoms. The standard InChI is InChI=1S/C19H22F4O5/c1-10(2)15(25)27-8-18(20,21)19(22,23)9-28-16(26)17-5-11-3-12(6-17)14(24)13(4-11)7-17/h11-13H,1,3-9H2,2H3. The van der Waals surface area contributed by atoms with Crippen molar-refractivity contribution in [3.63, 3.8) is 0 Å². The van der Waals surface area contributed by atoms with E-state index in [-0.39, 0.29) is 42.0 Å². The Morgan fingerprint density at radius 1 is 1.04 bits per heavy atom. The smallest absolute Gasteiger partial charge is 0.346 e. The average molecular weight is 406 g/mol. The van der Waals surface area contributed by atoms with Crippen molar-refractivity contribution >= 4 is 17.7 Å². The Morgan fingerprint density at radius 2 is 1.54 bits per heavy atom. The van der Waals surface area contributed by atoms with E-state index in [9.17, 15) is 31.9 Å². The SMILES string of the molecule is C=C(C)C(=O)OCC(F)(F)C(F)(F)COC(=O)C12CC3CC(C1)C(=O)C(C3)C2. The second-order valence-corrected chi connectivity index (χ2v) is 8.37. The van der Waals surface area contributed by atoms with E-state index in [0.717, 1.165) is 0 Å². The van der Waals surface area contributed by atoms with Gasteiger partial charge in [0.2, 0.25) is 0 Å². The minimum absolute atomic E-state index is 0.107. The first kappa shape index (κ1) is 20.8. The maximum atomic E-state index is 14.0. The second-order valence-electron chi connectivity index (χ2n) is 8.37. The highest BCUT2D eigenvalue weighted by Gasteiger charge is 2.61. The summed E-state index contributed by atoms with van der Waals surface area (Å²) >= 11 is 0. The van der Waals surface area contributed by atoms with Crippen molar-refractivity contribution in [3.8, 4) is 0 Å². The molecule has 0 spiro atoms. The lowest BCUT2D eigenvalue weighted by atomic mass is 9.49. The van der Waals surface area contributed by atoms with E-state index >= 15 is 0 Å². The molecule has 4 rings (SSSR count). The van der Waals surface area contributed by atoms with E-state index < -0.39 is 42.4 Å². The summed E-state index contributed by atoms with van der Waals surface area (Å²) in [6.07, 6.45) is 2.27. The fraction of sp³-hybridized carbons (Fsp3) is 0.737. The summed E-state index contributed by atoms with van der Waals surface area (Å²) in [5.74, 6) is -11.9. The molecule has 2 unspecified atom stereocenters. The van der Waals surface area contributed by atoms with Crippen LogP contribution in [-0.4, -0.2) is 42.8 Å². The van der Waals surface area contributed by atoms with Gasteiger partial charge in [-0.25, -0.2) is 4.79 Å². The van der Waals surface area contributed by atoms with Crippen LogP contribution in [0.2, 0.25) is 0 Å². The first-order valence-electron chi connectivity index (χ1n) is 9.16. The van der Waals surface area contributed by atoms with Crippen LogP contribution in [0.3, 0.4) is 0 Å². The van der Waals surface area contributed by atoms with Crippen LogP contribution in [0.1, 0.15) is 39.0 Å². The number of ketones is 1. The molecule has 0 radical (unpaired) electrons. The maximum Gasteiger partial charge on any atom is 0.346 e. The number of hydrogen-bond donors (Lipinski definition) is 0. The Hall–Kier alpha value is -1.93. The van der Waals surface area contributed by atoms with E-state index in [1.165, 1.54) is 6.92 Å². The Morgan fingerprint density at radius 3 is 2.04 bits per heavy atom. The van der Waals surface area contributed by atoms with Crippen LogP contribution in [-0.2, 0) is 23.9 Å². The van der Waals surface area contributed by atoms with Gasteiger partial charge in [0.15, 0.2) is 13.2 Å². The van der Waals surface area contributed by atoms with Crippen molar-refractivity contribution in [1.29, 1.82) is 0 Å². The fourth-order valence-electron chi connectivity index (χ4n) is 4.80. The van der Waals surface area contributed by atoms with E-state index in [1.54, 1.807) is 0 Å². The summed E-state index contributed by atoms with van der Waals surface area (Å²) in [7, 11) is 0. The Bertz CT molecular complexity index is 699. The quantitative estimate of drug-likeness (QED) is 0.369. The summed E-state index contributed by atoms with van der Waals surface area (Å²) in [4.78, 5) is 35.8. The van der Waals surface area contributed by atoms with E-state index in [2.05, 4.69) is 16.1 Å². The molecule has 4 fully saturated rings. The normalized spacial score (nSPS) is 31.6. The van der Waals surface area contributed by atoms with Crippen LogP contribution in [0.4, 0.5) is 17.6 Å². The molecule has 9 heteroatoms. The van der Waals surface area contributed by atoms with Gasteiger partial charge in [0.05, 0.1) is 5.41 Å². The molecular weight excluding hydrogens is 384 g/mol. The predicted octanol–water partition coefficient (Wildman–Crippen LogP) is 3.31. The van der Waals surface area contributed by atoms with E-state index in [1.807, 2.05) is 0 Å². The zero-order valence-electron chi connectivity index (χ0n) is 15.4. The molecule has 0 aromatic heterocycles. The van der Waals surface area contributed by atoms with Crippen LogP contribution in [0.5, 0.6) is 0 Å². The molecule has 0 aliphatic heterocycles. The first-order chi connectivity index (χ1) is 12.9. The molecule has 0 amide bonds. The molecule has 4 saturated carbocycles. The molecule has 0 heterocycles. The summed E-state index contributed by atoms with van der Waals surface area (Å²) in [5, 5.41) is 0. The van der Waals surface area contributed by atoms with Crippen LogP contribution < -0.4 is 0 Å². The fourth-order valence-corrected chi connectivity index (χ4v) is 4.80. The van der Waals surface area contributed by atoms with Gasteiger partial charge in [-0.3, -0.25) is 9.59 Å². The Labute approximate surface area is 159 Å². The third kappa shape index (κ3) is 3.55. The lowest BCUT2D eigenvalue weighted by molar-refractivity contribution is -0.250. The molecule has 2 atom stereocenters. The lowest BCUT2D eigenvalue weighted by Gasteiger charge is -2.54. The van der Waals surface area contributed by atoms with Crippen molar-refractivity contribution in [1.82, 2.24) is 0 Å². The largest absolute Gasteiger partial charge is 0.459 e. The Balaban J connectivity index is 1.61. The molecule has 28 heavy (non-hydrogen) atoms. The minimum atomic E-state index is -4.71. The number of hydrogen-bond acceptors (Lipinski definition) is 5. The van der Waals surface area contributed by atoms with Crippen molar-refractivity contribution < 1.29 is 41.4 Å². The van der Waals surface area contributed by atoms with Gasteiger partial charge >= 0.3 is 23.8 Å². The third-order valence-electron chi connectivity index (χ3n) is 6.08. The minimum Gasteiger partial charge on any atom is -0.459 e. The van der Waals surface area contributed by atoms with Crippen LogP contribution in [0.25, 0.3) is 0 Å². The van der Waals surface area contributed by atoms with Crippen LogP contribution in [0.15, 0.2) is 12.2 Å². The number of halogens is 4. The van der Waals surface area contributed by atoms with E-state index in [0.29, 0.717) is 19.3 Å². The van der Waals surface area contributed by atoms with Crippen molar-refractivity contribution in [2.24, 2.45) is 23.2 Å². The van der Waals surface area contributed by atoms with Gasteiger partial charge in [0.1, 0.15) is 5.78 Å². The highest BCUT2D eigenvalue weighted by atomic mass is 19.3. The van der Waals surface area contributed by atoms with Gasteiger partial charge < -0.3 is 9.47 Å². The average Bonchev–Trinajstić information content (AvgIpc) is 2.61. The number of ether oxygens (including phenoxy) is 2. The summed E-state index contributed by atoms with van der Waals surface area (Å²) in [6.45, 7) is 0.691. The number of alkyl halides is 4. The van der Waals surface area contributed by atoms with Crippen molar-refractivity contribution in [3.05, 3.63) is 12.2 Å². The molecule has 4 aliphatic rings. The van der Waals surface area contributed by atoms with Gasteiger partial charge in [0, 0.05) is 17.4 Å². The third-order valence-corrected chi connectivity index (χ3v) is 6.08. The van der Waals surface area contributed by atoms with Gasteiger partial charge in [0.25, 0.3) is 0 Å². The van der Waals surface area contributed by atoms with E-state index in [4.69, 9.17) is 0 Å². The summed E-state index contributed by atoms with van der Waals surface area (Å²) < 4.78 is 64.3. The number of rotatable bonds is 7. The first-order valence-corrected chi connectivity index (χ1v) is 9.16. The van der Waals surface area contributed by atoms with Gasteiger partial charge in [-0.2, -0.15) is 17.6 Å². The Kier molecular flexibility index (Phi) is 5.08. The number of carbonyl (C=O) groups is 3. The maximum absolute atomic E-state index is 14.0. The van der Waals surface area contributed by atoms with Crippen LogP contribution in [0, 0.1) is 23.2 Å². The number of esters is 2. The molecule has 4 aliphatic carbocycles. The topological polar surface area (TPSA) is 69.7 Å². The molecule has 0 N–H and O–H groups in total. The summed E-state index contributed by atoms with van der Waals surface area (Å²) in [5.41, 5.74) is -1.25. The van der Waals surface area contributed by atoms with Gasteiger partial charge in [-0.1, -0.05) is 6.58 Å². The van der Waals surface area contributed by atoms with Gasteiger partial charge in [-0.15, -0.1) is 0 Å². The van der Waals surface area contributed by atoms with Gasteiger partial charge in [-0.05, 0) is 44.9 Å². The zero-order valence-corrected chi connectivity index (χ0v) is 15.4.